The Labute approximate surface area is 128 Å². The van der Waals surface area contributed by atoms with E-state index < -0.39 is 0 Å². The van der Waals surface area contributed by atoms with Crippen molar-refractivity contribution in [3.05, 3.63) is 29.0 Å². The number of alkyl halides is 1. The average molecular weight is 317 g/mol. The number of aryl methyl sites for hydroxylation is 1. The van der Waals surface area contributed by atoms with Gasteiger partial charge in [-0.25, -0.2) is 4.98 Å². The van der Waals surface area contributed by atoms with Crippen LogP contribution in [0.15, 0.2) is 18.2 Å². The predicted octanol–water partition coefficient (Wildman–Crippen LogP) is 4.61. The van der Waals surface area contributed by atoms with Crippen molar-refractivity contribution < 1.29 is 0 Å². The molecular formula is C14H18Cl2N2S. The summed E-state index contributed by atoms with van der Waals surface area (Å²) in [5.74, 6) is 1.62. The molecule has 1 aromatic heterocycles. The second-order valence-electron chi connectivity index (χ2n) is 5.15. The normalized spacial score (nSPS) is 12.3. The van der Waals surface area contributed by atoms with Crippen LogP contribution in [0.3, 0.4) is 0 Å². The number of fused-ring (bicyclic) bond motifs is 1. The zero-order valence-electron chi connectivity index (χ0n) is 11.4. The van der Waals surface area contributed by atoms with Crippen molar-refractivity contribution in [3.63, 3.8) is 0 Å². The second-order valence-corrected chi connectivity index (χ2v) is 7.48. The van der Waals surface area contributed by atoms with E-state index in [2.05, 4.69) is 29.7 Å². The number of hydrogen-bond donors (Lipinski definition) is 0. The molecule has 1 aromatic carbocycles. The highest BCUT2D eigenvalue weighted by Crippen LogP contribution is 2.28. The molecule has 104 valence electrons. The van der Waals surface area contributed by atoms with Gasteiger partial charge in [0.25, 0.3) is 0 Å². The lowest BCUT2D eigenvalue weighted by Crippen LogP contribution is -2.23. The highest BCUT2D eigenvalue weighted by atomic mass is 35.5. The summed E-state index contributed by atoms with van der Waals surface area (Å²) in [7, 11) is 0. The van der Waals surface area contributed by atoms with Crippen molar-refractivity contribution in [2.75, 3.05) is 12.1 Å². The van der Waals surface area contributed by atoms with Crippen molar-refractivity contribution in [1.29, 1.82) is 0 Å². The van der Waals surface area contributed by atoms with E-state index in [1.54, 1.807) is 0 Å². The van der Waals surface area contributed by atoms with Gasteiger partial charge in [0, 0.05) is 28.6 Å². The molecule has 0 aliphatic rings. The molecule has 0 amide bonds. The van der Waals surface area contributed by atoms with Crippen molar-refractivity contribution >= 4 is 46.0 Å². The Bertz CT molecular complexity index is 578. The summed E-state index contributed by atoms with van der Waals surface area (Å²) in [4.78, 5) is 4.67. The Morgan fingerprint density at radius 2 is 2.11 bits per heavy atom. The van der Waals surface area contributed by atoms with Crippen LogP contribution >= 0.6 is 35.0 Å². The van der Waals surface area contributed by atoms with Gasteiger partial charge in [0.1, 0.15) is 5.82 Å². The molecule has 0 spiro atoms. The Morgan fingerprint density at radius 1 is 1.37 bits per heavy atom. The van der Waals surface area contributed by atoms with Crippen molar-refractivity contribution in [2.24, 2.45) is 0 Å². The van der Waals surface area contributed by atoms with Crippen LogP contribution < -0.4 is 0 Å². The third-order valence-electron chi connectivity index (χ3n) is 3.20. The molecular weight excluding hydrogens is 299 g/mol. The number of imidazole rings is 1. The number of nitrogens with zero attached hydrogens (tertiary/aromatic N) is 2. The van der Waals surface area contributed by atoms with Crippen LogP contribution in [0.2, 0.25) is 5.02 Å². The fourth-order valence-corrected chi connectivity index (χ4v) is 2.64. The molecule has 0 radical (unpaired) electrons. The minimum atomic E-state index is 0.150. The molecule has 0 aliphatic carbocycles. The maximum Gasteiger partial charge on any atom is 0.111 e. The van der Waals surface area contributed by atoms with Gasteiger partial charge >= 0.3 is 0 Å². The van der Waals surface area contributed by atoms with Gasteiger partial charge in [-0.15, -0.1) is 11.6 Å². The summed E-state index contributed by atoms with van der Waals surface area (Å²) in [6.07, 6.45) is 2.91. The lowest BCUT2D eigenvalue weighted by molar-refractivity contribution is 0.561. The maximum atomic E-state index is 6.11. The van der Waals surface area contributed by atoms with Crippen LogP contribution in [0.1, 0.15) is 19.7 Å². The predicted molar refractivity (Wildman–Crippen MR) is 86.8 cm³/mol. The van der Waals surface area contributed by atoms with Crippen molar-refractivity contribution in [3.8, 4) is 0 Å². The van der Waals surface area contributed by atoms with Crippen LogP contribution in [0.25, 0.3) is 11.0 Å². The third kappa shape index (κ3) is 3.39. The molecule has 0 N–H and O–H groups in total. The lowest BCUT2D eigenvalue weighted by atomic mass is 10.2. The Hall–Kier alpha value is -0.380. The monoisotopic (exact) mass is 316 g/mol. The number of hydrogen-bond acceptors (Lipinski definition) is 2. The zero-order valence-corrected chi connectivity index (χ0v) is 13.7. The molecule has 0 aliphatic heterocycles. The Kier molecular flexibility index (Phi) is 4.70. The lowest BCUT2D eigenvalue weighted by Gasteiger charge is -2.24. The summed E-state index contributed by atoms with van der Waals surface area (Å²) in [6.45, 7) is 5.37. The van der Waals surface area contributed by atoms with Gasteiger partial charge in [0.2, 0.25) is 0 Å². The van der Waals surface area contributed by atoms with Gasteiger partial charge in [-0.3, -0.25) is 0 Å². The maximum absolute atomic E-state index is 6.11. The van der Waals surface area contributed by atoms with E-state index in [9.17, 15) is 0 Å². The molecule has 0 atom stereocenters. The number of halogens is 2. The van der Waals surface area contributed by atoms with Crippen molar-refractivity contribution in [1.82, 2.24) is 9.55 Å². The van der Waals surface area contributed by atoms with Crippen LogP contribution in [0.5, 0.6) is 0 Å². The topological polar surface area (TPSA) is 17.8 Å². The van der Waals surface area contributed by atoms with E-state index in [1.807, 2.05) is 30.0 Å². The highest BCUT2D eigenvalue weighted by molar-refractivity contribution is 7.99. The molecule has 2 rings (SSSR count). The fourth-order valence-electron chi connectivity index (χ4n) is 2.04. The van der Waals surface area contributed by atoms with Gasteiger partial charge in [0.15, 0.2) is 0 Å². The molecule has 2 aromatic rings. The summed E-state index contributed by atoms with van der Waals surface area (Å²) in [6, 6.07) is 5.83. The van der Waals surface area contributed by atoms with E-state index in [1.165, 1.54) is 0 Å². The van der Waals surface area contributed by atoms with Gasteiger partial charge in [0.05, 0.1) is 11.0 Å². The van der Waals surface area contributed by atoms with Crippen molar-refractivity contribution in [2.45, 2.75) is 31.6 Å². The summed E-state index contributed by atoms with van der Waals surface area (Å²) >= 11 is 13.8. The van der Waals surface area contributed by atoms with Gasteiger partial charge in [-0.1, -0.05) is 11.6 Å². The first-order chi connectivity index (χ1) is 8.96. The van der Waals surface area contributed by atoms with E-state index in [0.29, 0.717) is 5.88 Å². The van der Waals surface area contributed by atoms with Crippen LogP contribution in [-0.2, 0) is 13.0 Å². The summed E-state index contributed by atoms with van der Waals surface area (Å²) in [5, 5.41) is 0.744. The largest absolute Gasteiger partial charge is 0.327 e. The zero-order chi connectivity index (χ0) is 14.0. The van der Waals surface area contributed by atoms with E-state index in [0.717, 1.165) is 34.8 Å². The van der Waals surface area contributed by atoms with Crippen LogP contribution in [0.4, 0.5) is 0 Å². The van der Waals surface area contributed by atoms with Gasteiger partial charge in [-0.05, 0) is 38.3 Å². The quantitative estimate of drug-likeness (QED) is 0.749. The smallest absolute Gasteiger partial charge is 0.111 e. The van der Waals surface area contributed by atoms with E-state index in [4.69, 9.17) is 23.2 Å². The van der Waals surface area contributed by atoms with E-state index in [-0.39, 0.29) is 4.75 Å². The standard InChI is InChI=1S/C14H18Cl2N2S/c1-14(2,19-3)9-18-12-8-10(16)4-5-11(12)17-13(18)6-7-15/h4-5,8H,6-7,9H2,1-3H3. The minimum Gasteiger partial charge on any atom is -0.327 e. The van der Waals surface area contributed by atoms with Crippen LogP contribution in [-0.4, -0.2) is 26.4 Å². The molecule has 0 unspecified atom stereocenters. The molecule has 2 nitrogen and oxygen atoms in total. The second kappa shape index (κ2) is 5.94. The number of benzene rings is 1. The Morgan fingerprint density at radius 3 is 2.74 bits per heavy atom. The molecule has 0 saturated carbocycles. The molecule has 19 heavy (non-hydrogen) atoms. The molecule has 0 bridgehead atoms. The number of aromatic nitrogens is 2. The first kappa shape index (κ1) is 15.0. The molecule has 0 fully saturated rings. The summed E-state index contributed by atoms with van der Waals surface area (Å²) < 4.78 is 2.40. The average Bonchev–Trinajstić information content (AvgIpc) is 2.68. The highest BCUT2D eigenvalue weighted by Gasteiger charge is 2.20. The number of thioether (sulfide) groups is 1. The van der Waals surface area contributed by atoms with Gasteiger partial charge in [-0.2, -0.15) is 11.8 Å². The van der Waals surface area contributed by atoms with Gasteiger partial charge < -0.3 is 4.57 Å². The molecule has 0 saturated heterocycles. The van der Waals surface area contributed by atoms with E-state index >= 15 is 0 Å². The van der Waals surface area contributed by atoms with Crippen LogP contribution in [0, 0.1) is 0 Å². The molecule has 1 heterocycles. The molecule has 5 heteroatoms. The number of rotatable bonds is 5. The first-order valence-electron chi connectivity index (χ1n) is 6.22. The summed E-state index contributed by atoms with van der Waals surface area (Å²) in [5.41, 5.74) is 2.08. The fraction of sp³-hybridized carbons (Fsp3) is 0.500. The minimum absolute atomic E-state index is 0.150. The Balaban J connectivity index is 2.53. The first-order valence-corrected chi connectivity index (χ1v) is 8.36. The SMILES string of the molecule is CSC(C)(C)Cn1c(CCCl)nc2ccc(Cl)cc21. The third-order valence-corrected chi connectivity index (χ3v) is 4.86.